The van der Waals surface area contributed by atoms with E-state index in [1.54, 1.807) is 0 Å². The highest BCUT2D eigenvalue weighted by Crippen LogP contribution is 2.34. The van der Waals surface area contributed by atoms with Crippen LogP contribution in [0.5, 0.6) is 0 Å². The van der Waals surface area contributed by atoms with E-state index in [0.717, 1.165) is 6.92 Å². The molecule has 0 bridgehead atoms. The second-order valence-electron chi connectivity index (χ2n) is 4.59. The lowest BCUT2D eigenvalue weighted by atomic mass is 10.1. The van der Waals surface area contributed by atoms with Crippen LogP contribution in [0.25, 0.3) is 26.9 Å². The molecule has 0 aliphatic heterocycles. The van der Waals surface area contributed by atoms with E-state index in [1.807, 2.05) is 0 Å². The highest BCUT2D eigenvalue weighted by molar-refractivity contribution is 5.90. The van der Waals surface area contributed by atoms with E-state index in [4.69, 9.17) is 6.57 Å². The van der Waals surface area contributed by atoms with Gasteiger partial charge in [-0.15, -0.1) is 0 Å². The normalized spacial score (nSPS) is 11.2. The number of hydrogen-bond donors (Lipinski definition) is 0. The summed E-state index contributed by atoms with van der Waals surface area (Å²) >= 11 is 0. The maximum absolute atomic E-state index is 14.0. The first-order valence-corrected chi connectivity index (χ1v) is 5.98. The minimum atomic E-state index is -1.84. The Bertz CT molecular complexity index is 1050. The second kappa shape index (κ2) is 4.81. The van der Waals surface area contributed by atoms with Crippen LogP contribution < -0.4 is 0 Å². The maximum Gasteiger partial charge on any atom is 0.262 e. The van der Waals surface area contributed by atoms with Gasteiger partial charge in [0.25, 0.3) is 5.69 Å². The molecule has 0 amide bonds. The van der Waals surface area contributed by atoms with Crippen LogP contribution in [0.15, 0.2) is 0 Å². The topological polar surface area (TPSA) is 30.1 Å². The van der Waals surface area contributed by atoms with Crippen molar-refractivity contribution in [2.75, 3.05) is 0 Å². The molecule has 2 aromatic carbocycles. The van der Waals surface area contributed by atoms with Gasteiger partial charge in [0, 0.05) is 5.56 Å². The Morgan fingerprint density at radius 2 is 1.09 bits per heavy atom. The highest BCUT2D eigenvalue weighted by Gasteiger charge is 2.26. The standard InChI is InChI=1S/C14H3F6N3/c1-3-4(15)6(17)12-11(5(3)16)22-14-9(20)10(21-2)7(18)8(19)13(14)23-12/h1H3. The van der Waals surface area contributed by atoms with Gasteiger partial charge in [0.15, 0.2) is 34.9 Å². The molecule has 1 aromatic heterocycles. The Morgan fingerprint density at radius 3 is 1.61 bits per heavy atom. The molecule has 3 rings (SSSR count). The van der Waals surface area contributed by atoms with Crippen molar-refractivity contribution in [3.63, 3.8) is 0 Å². The second-order valence-corrected chi connectivity index (χ2v) is 4.59. The third kappa shape index (κ3) is 1.84. The smallest absolute Gasteiger partial charge is 0.239 e. The summed E-state index contributed by atoms with van der Waals surface area (Å²) < 4.78 is 82.9. The van der Waals surface area contributed by atoms with Crippen molar-refractivity contribution < 1.29 is 26.3 Å². The minimum Gasteiger partial charge on any atom is -0.239 e. The van der Waals surface area contributed by atoms with Crippen molar-refractivity contribution in [3.05, 3.63) is 51.9 Å². The van der Waals surface area contributed by atoms with Crippen LogP contribution in [0.3, 0.4) is 0 Å². The number of hydrogen-bond acceptors (Lipinski definition) is 2. The minimum absolute atomic E-state index is 0.725. The number of rotatable bonds is 0. The summed E-state index contributed by atoms with van der Waals surface area (Å²) in [5.74, 6) is -9.67. The first kappa shape index (κ1) is 15.0. The van der Waals surface area contributed by atoms with E-state index < -0.39 is 68.2 Å². The Kier molecular flexibility index (Phi) is 3.14. The third-order valence-corrected chi connectivity index (χ3v) is 3.30. The van der Waals surface area contributed by atoms with E-state index >= 15 is 0 Å². The number of nitrogens with zero attached hydrogens (tertiary/aromatic N) is 3. The fraction of sp³-hybridized carbons (Fsp3) is 0.0714. The maximum atomic E-state index is 14.0. The van der Waals surface area contributed by atoms with Gasteiger partial charge in [-0.25, -0.2) is 41.2 Å². The quantitative estimate of drug-likeness (QED) is 0.264. The van der Waals surface area contributed by atoms with E-state index in [2.05, 4.69) is 14.8 Å². The molecule has 0 unspecified atom stereocenters. The van der Waals surface area contributed by atoms with Gasteiger partial charge in [0.2, 0.25) is 0 Å². The Morgan fingerprint density at radius 1 is 0.652 bits per heavy atom. The molecule has 0 atom stereocenters. The lowest BCUT2D eigenvalue weighted by molar-refractivity contribution is 0.493. The monoisotopic (exact) mass is 327 g/mol. The molecule has 0 spiro atoms. The molecule has 3 nitrogen and oxygen atoms in total. The molecule has 0 fully saturated rings. The molecule has 9 heteroatoms. The zero-order chi connectivity index (χ0) is 17.0. The van der Waals surface area contributed by atoms with Crippen molar-refractivity contribution in [3.8, 4) is 0 Å². The number of aromatic nitrogens is 2. The van der Waals surface area contributed by atoms with Gasteiger partial charge in [-0.05, 0) is 6.92 Å². The molecule has 0 saturated heterocycles. The lowest BCUT2D eigenvalue weighted by Gasteiger charge is -2.09. The van der Waals surface area contributed by atoms with Crippen molar-refractivity contribution >= 4 is 27.8 Å². The zero-order valence-corrected chi connectivity index (χ0v) is 11.1. The molecule has 0 aliphatic carbocycles. The molecule has 0 radical (unpaired) electrons. The SMILES string of the molecule is [C-]#[N+]c1c(F)c(F)c2nc3c(F)c(F)c(C)c(F)c3nc2c1F. The largest absolute Gasteiger partial charge is 0.262 e. The summed E-state index contributed by atoms with van der Waals surface area (Å²) in [7, 11) is 0. The van der Waals surface area contributed by atoms with Crippen LogP contribution in [0.2, 0.25) is 0 Å². The number of halogens is 6. The summed E-state index contributed by atoms with van der Waals surface area (Å²) in [5, 5.41) is 0. The molecular weight excluding hydrogens is 324 g/mol. The van der Waals surface area contributed by atoms with Crippen LogP contribution in [-0.4, -0.2) is 9.97 Å². The summed E-state index contributed by atoms with van der Waals surface area (Å²) in [4.78, 5) is 9.14. The van der Waals surface area contributed by atoms with Gasteiger partial charge in [-0.3, -0.25) is 0 Å². The van der Waals surface area contributed by atoms with E-state index in [0.29, 0.717) is 0 Å². The van der Waals surface area contributed by atoms with Crippen molar-refractivity contribution in [2.24, 2.45) is 0 Å². The van der Waals surface area contributed by atoms with Crippen LogP contribution in [0, 0.1) is 48.4 Å². The fourth-order valence-electron chi connectivity index (χ4n) is 2.10. The first-order chi connectivity index (χ1) is 10.8. The average molecular weight is 327 g/mol. The van der Waals surface area contributed by atoms with Crippen LogP contribution in [-0.2, 0) is 0 Å². The third-order valence-electron chi connectivity index (χ3n) is 3.30. The molecule has 0 saturated carbocycles. The zero-order valence-electron chi connectivity index (χ0n) is 11.1. The Hall–Kier alpha value is -2.89. The molecule has 116 valence electrons. The highest BCUT2D eigenvalue weighted by atomic mass is 19.2. The van der Waals surface area contributed by atoms with Gasteiger partial charge in [-0.2, -0.15) is 0 Å². The van der Waals surface area contributed by atoms with Crippen LogP contribution >= 0.6 is 0 Å². The summed E-state index contributed by atoms with van der Waals surface area (Å²) in [5.41, 5.74) is -5.89. The average Bonchev–Trinajstić information content (AvgIpc) is 2.55. The number of fused-ring (bicyclic) bond motifs is 2. The number of benzene rings is 2. The van der Waals surface area contributed by atoms with Crippen molar-refractivity contribution in [1.82, 2.24) is 9.97 Å². The predicted octanol–water partition coefficient (Wildman–Crippen LogP) is 4.48. The Labute approximate surface area is 124 Å². The van der Waals surface area contributed by atoms with Gasteiger partial charge in [-0.1, -0.05) is 0 Å². The summed E-state index contributed by atoms with van der Waals surface area (Å²) in [6.07, 6.45) is 0. The molecule has 23 heavy (non-hydrogen) atoms. The first-order valence-electron chi connectivity index (χ1n) is 5.98. The summed E-state index contributed by atoms with van der Waals surface area (Å²) in [6.45, 7) is 7.57. The van der Waals surface area contributed by atoms with Gasteiger partial charge in [0.05, 0.1) is 6.57 Å². The van der Waals surface area contributed by atoms with Crippen LogP contribution in [0.1, 0.15) is 5.56 Å². The van der Waals surface area contributed by atoms with Crippen molar-refractivity contribution in [2.45, 2.75) is 6.92 Å². The predicted molar refractivity (Wildman–Crippen MR) is 67.8 cm³/mol. The molecule has 3 aromatic rings. The fourth-order valence-corrected chi connectivity index (χ4v) is 2.10. The lowest BCUT2D eigenvalue weighted by Crippen LogP contribution is -2.04. The van der Waals surface area contributed by atoms with Crippen LogP contribution in [0.4, 0.5) is 32.0 Å². The van der Waals surface area contributed by atoms with Gasteiger partial charge >= 0.3 is 0 Å². The molecule has 1 heterocycles. The summed E-state index contributed by atoms with van der Waals surface area (Å²) in [6, 6.07) is 0. The van der Waals surface area contributed by atoms with Crippen molar-refractivity contribution in [1.29, 1.82) is 0 Å². The van der Waals surface area contributed by atoms with Gasteiger partial charge in [0.1, 0.15) is 22.1 Å². The molecular formula is C14H3F6N3. The Balaban J connectivity index is 2.65. The molecule has 0 N–H and O–H groups in total. The molecule has 0 aliphatic rings. The van der Waals surface area contributed by atoms with E-state index in [1.165, 1.54) is 0 Å². The van der Waals surface area contributed by atoms with E-state index in [-0.39, 0.29) is 0 Å². The van der Waals surface area contributed by atoms with E-state index in [9.17, 15) is 26.3 Å². The van der Waals surface area contributed by atoms with Gasteiger partial charge < -0.3 is 0 Å².